The Balaban J connectivity index is 2.08. The lowest BCUT2D eigenvalue weighted by molar-refractivity contribution is 0.500. The molecule has 3 rings (SSSR count). The van der Waals surface area contributed by atoms with Gasteiger partial charge in [-0.2, -0.15) is 5.10 Å². The third kappa shape index (κ3) is 2.57. The Labute approximate surface area is 131 Å². The number of aromatic nitrogens is 2. The van der Waals surface area contributed by atoms with Crippen molar-refractivity contribution >= 4 is 33.0 Å². The Hall–Kier alpha value is -1.43. The highest BCUT2D eigenvalue weighted by atomic mass is 35.5. The van der Waals surface area contributed by atoms with Gasteiger partial charge in [0, 0.05) is 15.6 Å². The molecule has 0 saturated heterocycles. The summed E-state index contributed by atoms with van der Waals surface area (Å²) >= 11 is 7.79. The summed E-state index contributed by atoms with van der Waals surface area (Å²) < 4.78 is 16.1. The first-order valence-electron chi connectivity index (χ1n) is 6.65. The second kappa shape index (κ2) is 5.40. The van der Waals surface area contributed by atoms with Crippen LogP contribution in [0.15, 0.2) is 30.5 Å². The average molecular weight is 324 g/mol. The standard InChI is InChI=1S/C15H15ClFN3S/c1-8(2)20-15(11(16)7-19-20)14(18)13-6-9-5-10(17)3-4-12(9)21-13/h3-8,14H,18H2,1-2H3. The average Bonchev–Trinajstić information content (AvgIpc) is 3.00. The quantitative estimate of drug-likeness (QED) is 0.770. The van der Waals surface area contributed by atoms with Gasteiger partial charge in [0.1, 0.15) is 5.82 Å². The van der Waals surface area contributed by atoms with Gasteiger partial charge < -0.3 is 5.73 Å². The van der Waals surface area contributed by atoms with Crippen LogP contribution >= 0.6 is 22.9 Å². The molecule has 1 unspecified atom stereocenters. The van der Waals surface area contributed by atoms with Crippen molar-refractivity contribution in [3.63, 3.8) is 0 Å². The lowest BCUT2D eigenvalue weighted by Crippen LogP contribution is -2.18. The van der Waals surface area contributed by atoms with Crippen molar-refractivity contribution in [1.29, 1.82) is 0 Å². The molecule has 2 aromatic heterocycles. The number of thiophene rings is 1. The molecular formula is C15H15ClFN3S. The Bertz CT molecular complexity index is 793. The lowest BCUT2D eigenvalue weighted by atomic mass is 10.1. The fourth-order valence-electron chi connectivity index (χ4n) is 2.38. The van der Waals surface area contributed by atoms with Crippen LogP contribution in [-0.2, 0) is 0 Å². The van der Waals surface area contributed by atoms with E-state index in [0.29, 0.717) is 5.02 Å². The van der Waals surface area contributed by atoms with Crippen LogP contribution in [0.2, 0.25) is 5.02 Å². The van der Waals surface area contributed by atoms with Crippen LogP contribution in [0.1, 0.15) is 36.5 Å². The molecule has 0 spiro atoms. The summed E-state index contributed by atoms with van der Waals surface area (Å²) in [5.41, 5.74) is 7.16. The summed E-state index contributed by atoms with van der Waals surface area (Å²) in [5.74, 6) is -0.245. The molecule has 0 bridgehead atoms. The van der Waals surface area contributed by atoms with E-state index in [1.807, 2.05) is 24.6 Å². The second-order valence-electron chi connectivity index (χ2n) is 5.22. The number of benzene rings is 1. The molecule has 110 valence electrons. The van der Waals surface area contributed by atoms with Gasteiger partial charge in [-0.15, -0.1) is 11.3 Å². The van der Waals surface area contributed by atoms with Crippen molar-refractivity contribution in [2.24, 2.45) is 5.73 Å². The molecule has 21 heavy (non-hydrogen) atoms. The zero-order valence-electron chi connectivity index (χ0n) is 11.7. The Morgan fingerprint density at radius 2 is 2.10 bits per heavy atom. The summed E-state index contributed by atoms with van der Waals surface area (Å²) in [6.07, 6.45) is 1.61. The van der Waals surface area contributed by atoms with Gasteiger partial charge in [0.2, 0.25) is 0 Å². The Morgan fingerprint density at radius 3 is 2.81 bits per heavy atom. The van der Waals surface area contributed by atoms with Crippen molar-refractivity contribution in [2.75, 3.05) is 0 Å². The fraction of sp³-hybridized carbons (Fsp3) is 0.267. The van der Waals surface area contributed by atoms with Gasteiger partial charge in [-0.3, -0.25) is 4.68 Å². The normalized spacial score (nSPS) is 13.2. The lowest BCUT2D eigenvalue weighted by Gasteiger charge is -2.16. The molecular weight excluding hydrogens is 309 g/mol. The summed E-state index contributed by atoms with van der Waals surface area (Å²) in [4.78, 5) is 0.944. The summed E-state index contributed by atoms with van der Waals surface area (Å²) in [7, 11) is 0. The SMILES string of the molecule is CC(C)n1ncc(Cl)c1C(N)c1cc2cc(F)ccc2s1. The molecule has 2 N–H and O–H groups in total. The topological polar surface area (TPSA) is 43.8 Å². The van der Waals surface area contributed by atoms with E-state index in [9.17, 15) is 4.39 Å². The first kappa shape index (κ1) is 14.5. The number of hydrogen-bond donors (Lipinski definition) is 1. The first-order valence-corrected chi connectivity index (χ1v) is 7.84. The van der Waals surface area contributed by atoms with Crippen LogP contribution in [0, 0.1) is 5.82 Å². The van der Waals surface area contributed by atoms with Crippen LogP contribution < -0.4 is 5.73 Å². The predicted octanol–water partition coefficient (Wildman–Crippen LogP) is 4.52. The van der Waals surface area contributed by atoms with E-state index in [2.05, 4.69) is 5.10 Å². The number of halogens is 2. The zero-order valence-corrected chi connectivity index (χ0v) is 13.2. The molecule has 1 atom stereocenters. The number of nitrogens with zero attached hydrogens (tertiary/aromatic N) is 2. The van der Waals surface area contributed by atoms with Gasteiger partial charge in [-0.1, -0.05) is 11.6 Å². The molecule has 0 aliphatic carbocycles. The van der Waals surface area contributed by atoms with E-state index < -0.39 is 0 Å². The maximum absolute atomic E-state index is 13.3. The van der Waals surface area contributed by atoms with E-state index in [4.69, 9.17) is 17.3 Å². The van der Waals surface area contributed by atoms with E-state index in [1.54, 1.807) is 23.6 Å². The highest BCUT2D eigenvalue weighted by Gasteiger charge is 2.21. The second-order valence-corrected chi connectivity index (χ2v) is 6.75. The van der Waals surface area contributed by atoms with Crippen LogP contribution in [0.25, 0.3) is 10.1 Å². The van der Waals surface area contributed by atoms with E-state index >= 15 is 0 Å². The zero-order chi connectivity index (χ0) is 15.1. The van der Waals surface area contributed by atoms with Gasteiger partial charge in [-0.05, 0) is 43.5 Å². The molecule has 0 amide bonds. The molecule has 2 heterocycles. The number of nitrogens with two attached hydrogens (primary N) is 1. The van der Waals surface area contributed by atoms with E-state index in [0.717, 1.165) is 20.7 Å². The minimum atomic E-state index is -0.372. The van der Waals surface area contributed by atoms with Crippen LogP contribution in [-0.4, -0.2) is 9.78 Å². The smallest absolute Gasteiger partial charge is 0.123 e. The monoisotopic (exact) mass is 323 g/mol. The highest BCUT2D eigenvalue weighted by Crippen LogP contribution is 2.35. The highest BCUT2D eigenvalue weighted by molar-refractivity contribution is 7.19. The molecule has 0 fully saturated rings. The number of fused-ring (bicyclic) bond motifs is 1. The van der Waals surface area contributed by atoms with Crippen molar-refractivity contribution in [3.8, 4) is 0 Å². The minimum Gasteiger partial charge on any atom is -0.318 e. The number of hydrogen-bond acceptors (Lipinski definition) is 3. The third-order valence-corrected chi connectivity index (χ3v) is 4.87. The molecule has 0 radical (unpaired) electrons. The summed E-state index contributed by atoms with van der Waals surface area (Å²) in [6.45, 7) is 4.06. The van der Waals surface area contributed by atoms with Crippen LogP contribution in [0.3, 0.4) is 0 Å². The molecule has 6 heteroatoms. The summed E-state index contributed by atoms with van der Waals surface area (Å²) in [5, 5.41) is 5.69. The predicted molar refractivity (Wildman–Crippen MR) is 85.4 cm³/mol. The van der Waals surface area contributed by atoms with Crippen molar-refractivity contribution in [1.82, 2.24) is 9.78 Å². The maximum Gasteiger partial charge on any atom is 0.123 e. The first-order chi connectivity index (χ1) is 9.97. The third-order valence-electron chi connectivity index (χ3n) is 3.37. The maximum atomic E-state index is 13.3. The van der Waals surface area contributed by atoms with Crippen molar-refractivity contribution < 1.29 is 4.39 Å². The Morgan fingerprint density at radius 1 is 1.33 bits per heavy atom. The molecule has 0 aliphatic rings. The van der Waals surface area contributed by atoms with Crippen molar-refractivity contribution in [3.05, 3.63) is 51.9 Å². The van der Waals surface area contributed by atoms with Gasteiger partial charge in [-0.25, -0.2) is 4.39 Å². The van der Waals surface area contributed by atoms with Crippen molar-refractivity contribution in [2.45, 2.75) is 25.9 Å². The molecule has 3 aromatic rings. The minimum absolute atomic E-state index is 0.172. The molecule has 0 aliphatic heterocycles. The van der Waals surface area contributed by atoms with E-state index in [-0.39, 0.29) is 17.9 Å². The molecule has 3 nitrogen and oxygen atoms in total. The van der Waals surface area contributed by atoms with Gasteiger partial charge in [0.15, 0.2) is 0 Å². The molecule has 0 saturated carbocycles. The van der Waals surface area contributed by atoms with Gasteiger partial charge >= 0.3 is 0 Å². The van der Waals surface area contributed by atoms with Crippen LogP contribution in [0.5, 0.6) is 0 Å². The van der Waals surface area contributed by atoms with E-state index in [1.165, 1.54) is 12.1 Å². The Kier molecular flexibility index (Phi) is 3.73. The summed E-state index contributed by atoms with van der Waals surface area (Å²) in [6, 6.07) is 6.46. The molecule has 1 aromatic carbocycles. The fourth-order valence-corrected chi connectivity index (χ4v) is 3.67. The van der Waals surface area contributed by atoms with Gasteiger partial charge in [0.05, 0.1) is 23.0 Å². The van der Waals surface area contributed by atoms with Crippen LogP contribution in [0.4, 0.5) is 4.39 Å². The number of rotatable bonds is 3. The largest absolute Gasteiger partial charge is 0.318 e. The van der Waals surface area contributed by atoms with Gasteiger partial charge in [0.25, 0.3) is 0 Å².